The molecule has 0 saturated carbocycles. The smallest absolute Gasteiger partial charge is 0.309 e. The van der Waals surface area contributed by atoms with Crippen LogP contribution in [0.5, 0.6) is 0 Å². The second kappa shape index (κ2) is 25.8. The fraction of sp³-hybridized carbons (Fsp3) is 0.681. The van der Waals surface area contributed by atoms with Gasteiger partial charge < -0.3 is 35.4 Å². The maximum Gasteiger partial charge on any atom is 0.309 e. The van der Waals surface area contributed by atoms with Gasteiger partial charge in [-0.2, -0.15) is 0 Å². The van der Waals surface area contributed by atoms with Crippen molar-refractivity contribution >= 4 is 52.6 Å². The van der Waals surface area contributed by atoms with Gasteiger partial charge in [-0.3, -0.25) is 33.7 Å². The standard InChI is InChI=1S/C47H74N6O9S/c1-11-13-14-16-24-53(45(58)41(31(5)12-2)51-43(57)37-18-15-17-23-52(37)9)38(30(3)4)26-39(62-32(6)54)44-50-36(29-63-44)42(56)49-35(27-47(7,8)46(59)60)25-33-19-21-34(22-20-33)48-40(55)28-61-10/h19-22,29-31,35,37-39,41H,11-18,23-28H2,1-10H3,(H,48,55)(H,49,56)(H,51,57)(H,59,60)/t31-,35-,37+,38+,39+,41-/m0/s1. The molecule has 2 aromatic rings. The molecule has 6 atom stereocenters. The van der Waals surface area contributed by atoms with E-state index in [0.29, 0.717) is 30.1 Å². The van der Waals surface area contributed by atoms with Crippen LogP contribution in [0, 0.1) is 17.3 Å². The van der Waals surface area contributed by atoms with E-state index >= 15 is 0 Å². The lowest BCUT2D eigenvalue weighted by atomic mass is 9.84. The third kappa shape index (κ3) is 16.6. The molecule has 0 unspecified atom stereocenters. The molecule has 1 aromatic carbocycles. The minimum absolute atomic E-state index is 0.0762. The highest BCUT2D eigenvalue weighted by molar-refractivity contribution is 7.09. The Kier molecular flexibility index (Phi) is 21.7. The first-order valence-corrected chi connectivity index (χ1v) is 23.5. The highest BCUT2D eigenvalue weighted by atomic mass is 32.1. The third-order valence-corrected chi connectivity index (χ3v) is 13.0. The van der Waals surface area contributed by atoms with Crippen LogP contribution in [0.3, 0.4) is 0 Å². The normalized spacial score (nSPS) is 16.9. The number of likely N-dealkylation sites (N-methyl/N-ethyl adjacent to an activating group) is 1. The summed E-state index contributed by atoms with van der Waals surface area (Å²) in [4.78, 5) is 88.1. The molecule has 1 saturated heterocycles. The number of hydrogen-bond donors (Lipinski definition) is 4. The number of carboxylic acids is 1. The van der Waals surface area contributed by atoms with E-state index in [1.54, 1.807) is 43.5 Å². The van der Waals surface area contributed by atoms with E-state index in [-0.39, 0.29) is 60.7 Å². The molecule has 3 rings (SSSR count). The number of nitrogens with zero attached hydrogens (tertiary/aromatic N) is 3. The number of methoxy groups -OCH3 is 1. The first-order chi connectivity index (χ1) is 29.8. The van der Waals surface area contributed by atoms with Crippen LogP contribution in [0.15, 0.2) is 29.6 Å². The van der Waals surface area contributed by atoms with Gasteiger partial charge in [0.2, 0.25) is 17.7 Å². The number of aliphatic carboxylic acids is 1. The van der Waals surface area contributed by atoms with Gasteiger partial charge in [0.1, 0.15) is 23.4 Å². The molecule has 63 heavy (non-hydrogen) atoms. The van der Waals surface area contributed by atoms with Gasteiger partial charge in [-0.1, -0.05) is 78.9 Å². The highest BCUT2D eigenvalue weighted by Gasteiger charge is 2.39. The Bertz CT molecular complexity index is 1800. The van der Waals surface area contributed by atoms with E-state index in [2.05, 4.69) is 32.8 Å². The summed E-state index contributed by atoms with van der Waals surface area (Å²) in [6.07, 6.45) is 6.90. The predicted molar refractivity (Wildman–Crippen MR) is 245 cm³/mol. The van der Waals surface area contributed by atoms with E-state index in [4.69, 9.17) is 9.47 Å². The van der Waals surface area contributed by atoms with Gasteiger partial charge in [0, 0.05) is 50.2 Å². The van der Waals surface area contributed by atoms with Crippen molar-refractivity contribution in [3.05, 3.63) is 45.9 Å². The molecule has 1 fully saturated rings. The van der Waals surface area contributed by atoms with Crippen molar-refractivity contribution in [3.63, 3.8) is 0 Å². The fourth-order valence-corrected chi connectivity index (χ4v) is 8.90. The minimum Gasteiger partial charge on any atom is -0.481 e. The number of esters is 1. The average molecular weight is 899 g/mol. The molecular weight excluding hydrogens is 825 g/mol. The minimum atomic E-state index is -1.17. The topological polar surface area (TPSA) is 197 Å². The zero-order valence-corrected chi connectivity index (χ0v) is 40.1. The number of carbonyl (C=O) groups excluding carboxylic acids is 5. The zero-order valence-electron chi connectivity index (χ0n) is 39.3. The predicted octanol–water partition coefficient (Wildman–Crippen LogP) is 7.01. The number of piperidine rings is 1. The van der Waals surface area contributed by atoms with Crippen LogP contribution in [0.1, 0.15) is 147 Å². The average Bonchev–Trinajstić information content (AvgIpc) is 3.72. The zero-order chi connectivity index (χ0) is 46.9. The van der Waals surface area contributed by atoms with E-state index in [1.165, 1.54) is 25.4 Å². The number of amides is 4. The number of unbranched alkanes of at least 4 members (excludes halogenated alkanes) is 3. The third-order valence-electron chi connectivity index (χ3n) is 12.0. The summed E-state index contributed by atoms with van der Waals surface area (Å²) in [6, 6.07) is 5.00. The van der Waals surface area contributed by atoms with Gasteiger partial charge in [-0.25, -0.2) is 4.98 Å². The van der Waals surface area contributed by atoms with Gasteiger partial charge in [-0.15, -0.1) is 11.3 Å². The largest absolute Gasteiger partial charge is 0.481 e. The van der Waals surface area contributed by atoms with Gasteiger partial charge in [0.15, 0.2) is 6.10 Å². The van der Waals surface area contributed by atoms with E-state index in [0.717, 1.165) is 57.1 Å². The van der Waals surface area contributed by atoms with E-state index in [1.807, 2.05) is 39.6 Å². The Morgan fingerprint density at radius 2 is 1.71 bits per heavy atom. The van der Waals surface area contributed by atoms with Crippen LogP contribution in [0.2, 0.25) is 0 Å². The fourth-order valence-electron chi connectivity index (χ4n) is 8.06. The van der Waals surface area contributed by atoms with Crippen molar-refractivity contribution in [3.8, 4) is 0 Å². The second-order valence-corrected chi connectivity index (χ2v) is 19.0. The van der Waals surface area contributed by atoms with Crippen LogP contribution in [-0.2, 0) is 39.9 Å². The molecule has 16 heteroatoms. The lowest BCUT2D eigenvalue weighted by Crippen LogP contribution is -2.59. The van der Waals surface area contributed by atoms with Crippen LogP contribution < -0.4 is 16.0 Å². The molecule has 0 radical (unpaired) electrons. The molecular formula is C47H74N6O9S. The second-order valence-electron chi connectivity index (χ2n) is 18.1. The van der Waals surface area contributed by atoms with Crippen LogP contribution >= 0.6 is 11.3 Å². The molecule has 4 N–H and O–H groups in total. The summed E-state index contributed by atoms with van der Waals surface area (Å²) in [5.74, 6) is -2.87. The SMILES string of the molecule is CCCCCCN(C(=O)[C@@H](NC(=O)[C@H]1CCCCN1C)[C@@H](C)CC)[C@H](C[C@@H](OC(C)=O)c1nc(C(=O)N[C@@H](Cc2ccc(NC(=O)COC)cc2)CC(C)(C)C(=O)O)cs1)C(C)C. The quantitative estimate of drug-likeness (QED) is 0.0560. The molecule has 2 heterocycles. The first kappa shape index (κ1) is 52.9. The molecule has 1 aromatic heterocycles. The summed E-state index contributed by atoms with van der Waals surface area (Å²) >= 11 is 1.17. The lowest BCUT2D eigenvalue weighted by molar-refractivity contribution is -0.150. The Labute approximate surface area is 378 Å². The number of carbonyl (C=O) groups is 6. The number of hydrogen-bond acceptors (Lipinski definition) is 11. The Morgan fingerprint density at radius 1 is 1.02 bits per heavy atom. The van der Waals surface area contributed by atoms with Gasteiger partial charge in [0.25, 0.3) is 5.91 Å². The number of benzene rings is 1. The Morgan fingerprint density at radius 3 is 2.30 bits per heavy atom. The monoisotopic (exact) mass is 899 g/mol. The van der Waals surface area contributed by atoms with Crippen LogP contribution in [0.25, 0.3) is 0 Å². The van der Waals surface area contributed by atoms with Crippen molar-refractivity contribution in [2.24, 2.45) is 17.3 Å². The summed E-state index contributed by atoms with van der Waals surface area (Å²) in [7, 11) is 3.39. The van der Waals surface area contributed by atoms with E-state index in [9.17, 15) is 33.9 Å². The maximum atomic E-state index is 14.9. The number of anilines is 1. The maximum absolute atomic E-state index is 14.9. The van der Waals surface area contributed by atoms with Crippen molar-refractivity contribution in [1.29, 1.82) is 0 Å². The molecule has 1 aliphatic heterocycles. The molecule has 0 aliphatic carbocycles. The Balaban J connectivity index is 1.93. The number of likely N-dealkylation sites (tertiary alicyclic amines) is 1. The van der Waals surface area contributed by atoms with Crippen LogP contribution in [0.4, 0.5) is 5.69 Å². The van der Waals surface area contributed by atoms with Gasteiger partial charge in [-0.05, 0) is 89.1 Å². The molecule has 0 spiro atoms. The number of aromatic nitrogens is 1. The molecule has 0 bridgehead atoms. The highest BCUT2D eigenvalue weighted by Crippen LogP contribution is 2.32. The van der Waals surface area contributed by atoms with Crippen molar-refractivity contribution in [2.45, 2.75) is 156 Å². The summed E-state index contributed by atoms with van der Waals surface area (Å²) in [5.41, 5.74) is 0.291. The van der Waals surface area contributed by atoms with Gasteiger partial charge in [0.05, 0.1) is 11.5 Å². The molecule has 4 amide bonds. The van der Waals surface area contributed by atoms with E-state index < -0.39 is 47.5 Å². The number of nitrogens with one attached hydrogen (secondary N) is 3. The van der Waals surface area contributed by atoms with Crippen molar-refractivity contribution in [2.75, 3.05) is 39.2 Å². The number of ether oxygens (including phenoxy) is 2. The lowest BCUT2D eigenvalue weighted by Gasteiger charge is -2.40. The van der Waals surface area contributed by atoms with Crippen LogP contribution in [-0.4, -0.2) is 113 Å². The number of thiazole rings is 1. The Hall–Kier alpha value is -4.41. The molecule has 1 aliphatic rings. The van der Waals surface area contributed by atoms with Gasteiger partial charge >= 0.3 is 11.9 Å². The molecule has 15 nitrogen and oxygen atoms in total. The van der Waals surface area contributed by atoms with Crippen molar-refractivity contribution < 1.29 is 43.3 Å². The molecule has 352 valence electrons. The summed E-state index contributed by atoms with van der Waals surface area (Å²) < 4.78 is 10.8. The first-order valence-electron chi connectivity index (χ1n) is 22.7. The van der Waals surface area contributed by atoms with Crippen molar-refractivity contribution in [1.82, 2.24) is 25.4 Å². The number of carboxylic acid groups (broad SMARTS) is 1. The summed E-state index contributed by atoms with van der Waals surface area (Å²) in [5, 5.41) is 20.9. The number of rotatable bonds is 26. The summed E-state index contributed by atoms with van der Waals surface area (Å²) in [6.45, 7) is 15.9.